The lowest BCUT2D eigenvalue weighted by molar-refractivity contribution is -0.140. The average Bonchev–Trinajstić information content (AvgIpc) is 2.97. The first-order valence-corrected chi connectivity index (χ1v) is 15.9. The molecule has 0 saturated heterocycles. The normalized spacial score (nSPS) is 12.7. The van der Waals surface area contributed by atoms with Gasteiger partial charge in [0.2, 0.25) is 11.8 Å². The first-order valence-electron chi connectivity index (χ1n) is 13.7. The molecule has 0 bridgehead atoms. The summed E-state index contributed by atoms with van der Waals surface area (Å²) in [5, 5.41) is 3.35. The summed E-state index contributed by atoms with van der Waals surface area (Å²) in [7, 11) is -2.66. The highest BCUT2D eigenvalue weighted by molar-refractivity contribution is 7.92. The Hall–Kier alpha value is -3.27. The monoisotopic (exact) mass is 633 g/mol. The van der Waals surface area contributed by atoms with Crippen LogP contribution in [0.1, 0.15) is 44.7 Å². The van der Waals surface area contributed by atoms with Crippen LogP contribution in [0.25, 0.3) is 0 Å². The van der Waals surface area contributed by atoms with Crippen molar-refractivity contribution in [3.05, 3.63) is 87.9 Å². The van der Waals surface area contributed by atoms with Crippen LogP contribution in [0.15, 0.2) is 71.6 Å². The fraction of sp³-hybridized carbons (Fsp3) is 0.355. The minimum atomic E-state index is -4.22. The molecule has 8 nitrogen and oxygen atoms in total. The van der Waals surface area contributed by atoms with Gasteiger partial charge < -0.3 is 15.0 Å². The number of hydrogen-bond acceptors (Lipinski definition) is 5. The number of benzene rings is 3. The number of carbonyl (C=O) groups is 2. The van der Waals surface area contributed by atoms with E-state index >= 15 is 0 Å². The number of carbonyl (C=O) groups excluding carboxylic acids is 2. The van der Waals surface area contributed by atoms with Crippen LogP contribution in [-0.2, 0) is 26.2 Å². The molecule has 2 amide bonds. The molecule has 3 aromatic carbocycles. The van der Waals surface area contributed by atoms with Crippen LogP contribution in [0.5, 0.6) is 5.75 Å². The summed E-state index contributed by atoms with van der Waals surface area (Å²) >= 11 is 12.4. The van der Waals surface area contributed by atoms with Crippen LogP contribution in [0, 0.1) is 6.92 Å². The largest absolute Gasteiger partial charge is 0.497 e. The third-order valence-electron chi connectivity index (χ3n) is 6.98. The van der Waals surface area contributed by atoms with Gasteiger partial charge in [-0.3, -0.25) is 13.9 Å². The van der Waals surface area contributed by atoms with Gasteiger partial charge in [-0.05, 0) is 74.7 Å². The highest BCUT2D eigenvalue weighted by Crippen LogP contribution is 2.31. The van der Waals surface area contributed by atoms with E-state index in [9.17, 15) is 18.0 Å². The summed E-state index contributed by atoms with van der Waals surface area (Å²) in [6.07, 6.45) is 1.04. The van der Waals surface area contributed by atoms with Gasteiger partial charge in [0.15, 0.2) is 0 Å². The Morgan fingerprint density at radius 2 is 1.57 bits per heavy atom. The molecule has 3 aromatic rings. The molecular weight excluding hydrogens is 597 g/mol. The van der Waals surface area contributed by atoms with E-state index < -0.39 is 28.5 Å². The fourth-order valence-electron chi connectivity index (χ4n) is 4.29. The zero-order valence-corrected chi connectivity index (χ0v) is 26.8. The maximum atomic E-state index is 14.2. The van der Waals surface area contributed by atoms with E-state index in [1.807, 2.05) is 27.7 Å². The number of hydrogen-bond donors (Lipinski definition) is 1. The molecule has 0 saturated carbocycles. The molecule has 0 aliphatic rings. The number of methoxy groups -OCH3 is 1. The first-order chi connectivity index (χ1) is 19.9. The smallest absolute Gasteiger partial charge is 0.264 e. The van der Waals surface area contributed by atoms with E-state index in [1.165, 1.54) is 35.2 Å². The molecule has 0 unspecified atom stereocenters. The minimum absolute atomic E-state index is 0.00947. The Bertz CT molecular complexity index is 1480. The number of amides is 2. The van der Waals surface area contributed by atoms with Gasteiger partial charge in [-0.15, -0.1) is 0 Å². The van der Waals surface area contributed by atoms with Crippen molar-refractivity contribution in [1.29, 1.82) is 0 Å². The van der Waals surface area contributed by atoms with Crippen molar-refractivity contribution < 1.29 is 22.7 Å². The summed E-state index contributed by atoms with van der Waals surface area (Å²) in [5.74, 6) is -0.219. The first kappa shape index (κ1) is 33.2. The molecule has 0 aliphatic heterocycles. The van der Waals surface area contributed by atoms with Gasteiger partial charge in [-0.25, -0.2) is 8.42 Å². The van der Waals surface area contributed by atoms with Crippen molar-refractivity contribution in [3.8, 4) is 5.75 Å². The number of nitrogens with one attached hydrogen (secondary N) is 1. The zero-order chi connectivity index (χ0) is 31.0. The summed E-state index contributed by atoms with van der Waals surface area (Å²) < 4.78 is 34.2. The van der Waals surface area contributed by atoms with Crippen molar-refractivity contribution in [1.82, 2.24) is 10.2 Å². The second-order valence-electron chi connectivity index (χ2n) is 10.0. The van der Waals surface area contributed by atoms with Gasteiger partial charge in [-0.2, -0.15) is 0 Å². The number of rotatable bonds is 13. The molecule has 0 fully saturated rings. The number of halogens is 2. The van der Waals surface area contributed by atoms with E-state index in [0.717, 1.165) is 15.4 Å². The molecular formula is C31H37Cl2N3O5S. The molecule has 42 heavy (non-hydrogen) atoms. The van der Waals surface area contributed by atoms with Crippen LogP contribution in [0.2, 0.25) is 10.0 Å². The van der Waals surface area contributed by atoms with Crippen molar-refractivity contribution in [2.75, 3.05) is 18.0 Å². The SMILES string of the molecule is CC[C@@H](C)NC(=O)[C@H](CC)N(Cc1ccc(OC)cc1)C(=O)CN(c1ccc(Cl)c(Cl)c1)S(=O)(=O)c1ccc(C)cc1. The van der Waals surface area contributed by atoms with E-state index in [0.29, 0.717) is 18.6 Å². The van der Waals surface area contributed by atoms with Crippen LogP contribution in [0.3, 0.4) is 0 Å². The Labute approximate surface area is 258 Å². The molecule has 226 valence electrons. The maximum absolute atomic E-state index is 14.2. The van der Waals surface area contributed by atoms with Gasteiger partial charge >= 0.3 is 0 Å². The van der Waals surface area contributed by atoms with Crippen molar-refractivity contribution in [2.24, 2.45) is 0 Å². The molecule has 0 heterocycles. The van der Waals surface area contributed by atoms with Gasteiger partial charge in [-0.1, -0.05) is 66.9 Å². The highest BCUT2D eigenvalue weighted by Gasteiger charge is 2.34. The lowest BCUT2D eigenvalue weighted by atomic mass is 10.1. The van der Waals surface area contributed by atoms with Crippen molar-refractivity contribution in [3.63, 3.8) is 0 Å². The van der Waals surface area contributed by atoms with Gasteiger partial charge in [0.25, 0.3) is 10.0 Å². The van der Waals surface area contributed by atoms with Gasteiger partial charge in [0.05, 0.1) is 27.7 Å². The topological polar surface area (TPSA) is 96.0 Å². The number of sulfonamides is 1. The van der Waals surface area contributed by atoms with E-state index in [-0.39, 0.29) is 39.1 Å². The van der Waals surface area contributed by atoms with Crippen molar-refractivity contribution >= 4 is 50.7 Å². The Kier molecular flexibility index (Phi) is 11.7. The van der Waals surface area contributed by atoms with Crippen LogP contribution >= 0.6 is 23.2 Å². The minimum Gasteiger partial charge on any atom is -0.497 e. The average molecular weight is 635 g/mol. The lowest BCUT2D eigenvalue weighted by Crippen LogP contribution is -2.53. The molecule has 3 rings (SSSR count). The number of ether oxygens (including phenoxy) is 1. The molecule has 0 aliphatic carbocycles. The molecule has 0 radical (unpaired) electrons. The second-order valence-corrected chi connectivity index (χ2v) is 12.7. The van der Waals surface area contributed by atoms with Gasteiger partial charge in [0.1, 0.15) is 18.3 Å². The maximum Gasteiger partial charge on any atom is 0.264 e. The molecule has 1 N–H and O–H groups in total. The molecule has 0 aromatic heterocycles. The van der Waals surface area contributed by atoms with Gasteiger partial charge in [0, 0.05) is 12.6 Å². The van der Waals surface area contributed by atoms with E-state index in [2.05, 4.69) is 5.32 Å². The quantitative estimate of drug-likeness (QED) is 0.241. The van der Waals surface area contributed by atoms with E-state index in [4.69, 9.17) is 27.9 Å². The van der Waals surface area contributed by atoms with Crippen LogP contribution in [-0.4, -0.2) is 50.9 Å². The lowest BCUT2D eigenvalue weighted by Gasteiger charge is -2.33. The van der Waals surface area contributed by atoms with Crippen molar-refractivity contribution in [2.45, 2.75) is 64.1 Å². The number of anilines is 1. The second kappa shape index (κ2) is 14.8. The summed E-state index contributed by atoms with van der Waals surface area (Å²) in [6, 6.07) is 16.9. The Balaban J connectivity index is 2.08. The molecule has 0 spiro atoms. The van der Waals surface area contributed by atoms with E-state index in [1.54, 1.807) is 43.5 Å². The molecule has 11 heteroatoms. The third-order valence-corrected chi connectivity index (χ3v) is 9.51. The predicted molar refractivity (Wildman–Crippen MR) is 168 cm³/mol. The standard InChI is InChI=1S/C31H37Cl2N3O5S/c1-6-22(4)34-31(38)29(7-2)35(19-23-10-13-25(41-5)14-11-23)30(37)20-36(24-12-17-27(32)28(33)18-24)42(39,40)26-15-8-21(3)9-16-26/h8-18,22,29H,6-7,19-20H2,1-5H3,(H,34,38)/t22-,29+/m1/s1. The molecule has 2 atom stereocenters. The third kappa shape index (κ3) is 8.18. The Morgan fingerprint density at radius 3 is 2.12 bits per heavy atom. The van der Waals surface area contributed by atoms with Crippen LogP contribution < -0.4 is 14.4 Å². The summed E-state index contributed by atoms with van der Waals surface area (Å²) in [4.78, 5) is 29.0. The van der Waals surface area contributed by atoms with Crippen LogP contribution in [0.4, 0.5) is 5.69 Å². The predicted octanol–water partition coefficient (Wildman–Crippen LogP) is 6.23. The number of aryl methyl sites for hydroxylation is 1. The Morgan fingerprint density at radius 1 is 0.929 bits per heavy atom. The fourth-order valence-corrected chi connectivity index (χ4v) is 5.99. The zero-order valence-electron chi connectivity index (χ0n) is 24.4. The summed E-state index contributed by atoms with van der Waals surface area (Å²) in [6.45, 7) is 7.02. The summed E-state index contributed by atoms with van der Waals surface area (Å²) in [5.41, 5.74) is 1.80. The highest BCUT2D eigenvalue weighted by atomic mass is 35.5. The number of nitrogens with zero attached hydrogens (tertiary/aromatic N) is 2.